The lowest BCUT2D eigenvalue weighted by Gasteiger charge is -2.09. The number of anilines is 1. The van der Waals surface area contributed by atoms with Crippen LogP contribution in [0.25, 0.3) is 10.4 Å². The Hall–Kier alpha value is -2.73. The zero-order valence-electron chi connectivity index (χ0n) is 11.9. The minimum Gasteiger partial charge on any atom is -0.450 e. The number of benzene rings is 1. The van der Waals surface area contributed by atoms with Gasteiger partial charge >= 0.3 is 6.09 Å². The summed E-state index contributed by atoms with van der Waals surface area (Å²) in [5.74, 6) is -0.384. The van der Waals surface area contributed by atoms with E-state index in [-0.39, 0.29) is 5.91 Å². The van der Waals surface area contributed by atoms with E-state index >= 15 is 0 Å². The molecule has 8 nitrogen and oxygen atoms in total. The second-order valence-corrected chi connectivity index (χ2v) is 4.14. The molecule has 8 heteroatoms. The molecule has 0 saturated heterocycles. The van der Waals surface area contributed by atoms with Gasteiger partial charge < -0.3 is 15.4 Å². The molecule has 0 unspecified atom stereocenters. The normalized spacial score (nSPS) is 11.0. The predicted molar refractivity (Wildman–Crippen MR) is 77.5 cm³/mol. The number of amides is 2. The van der Waals surface area contributed by atoms with Gasteiger partial charge in [-0.25, -0.2) is 4.79 Å². The number of nitrogens with zero attached hydrogens (tertiary/aromatic N) is 3. The molecule has 0 fully saturated rings. The van der Waals surface area contributed by atoms with Gasteiger partial charge in [-0.3, -0.25) is 4.79 Å². The highest BCUT2D eigenvalue weighted by Gasteiger charge is 2.10. The van der Waals surface area contributed by atoms with Crippen molar-refractivity contribution in [1.82, 2.24) is 5.32 Å². The molecule has 0 bridgehead atoms. The maximum Gasteiger partial charge on any atom is 0.407 e. The fourth-order valence-electron chi connectivity index (χ4n) is 1.44. The van der Waals surface area contributed by atoms with Gasteiger partial charge in [0.2, 0.25) is 5.91 Å². The van der Waals surface area contributed by atoms with E-state index in [1.54, 1.807) is 31.2 Å². The van der Waals surface area contributed by atoms with Gasteiger partial charge in [-0.15, -0.1) is 0 Å². The van der Waals surface area contributed by atoms with E-state index in [2.05, 4.69) is 20.7 Å². The first-order valence-electron chi connectivity index (χ1n) is 6.41. The van der Waals surface area contributed by atoms with Crippen LogP contribution in [0.5, 0.6) is 0 Å². The van der Waals surface area contributed by atoms with Crippen LogP contribution < -0.4 is 10.6 Å². The highest BCUT2D eigenvalue weighted by atomic mass is 16.5. The number of carbonyl (C=O) groups excluding carboxylic acids is 2. The highest BCUT2D eigenvalue weighted by molar-refractivity contribution is 5.94. The van der Waals surface area contributed by atoms with Crippen molar-refractivity contribution in [2.24, 2.45) is 5.11 Å². The summed E-state index contributed by atoms with van der Waals surface area (Å²) >= 11 is 0. The molecule has 2 amide bonds. The minimum atomic E-state index is -0.778. The Morgan fingerprint density at radius 1 is 1.38 bits per heavy atom. The number of ether oxygens (including phenoxy) is 1. The van der Waals surface area contributed by atoms with Crippen molar-refractivity contribution >= 4 is 17.7 Å². The van der Waals surface area contributed by atoms with Crippen molar-refractivity contribution in [2.45, 2.75) is 26.4 Å². The van der Waals surface area contributed by atoms with Gasteiger partial charge in [-0.05, 0) is 37.1 Å². The lowest BCUT2D eigenvalue weighted by atomic mass is 10.2. The molecule has 0 aromatic heterocycles. The van der Waals surface area contributed by atoms with Gasteiger partial charge in [0.15, 0.2) is 0 Å². The minimum absolute atomic E-state index is 0.320. The van der Waals surface area contributed by atoms with Crippen LogP contribution in [0.4, 0.5) is 10.5 Å². The molecular weight excluding hydrogens is 274 g/mol. The molecule has 0 aliphatic carbocycles. The van der Waals surface area contributed by atoms with Gasteiger partial charge in [0.25, 0.3) is 0 Å². The fraction of sp³-hybridized carbons (Fsp3) is 0.385. The Morgan fingerprint density at radius 2 is 2.05 bits per heavy atom. The van der Waals surface area contributed by atoms with Crippen LogP contribution >= 0.6 is 0 Å². The Labute approximate surface area is 122 Å². The molecule has 0 heterocycles. The van der Waals surface area contributed by atoms with Gasteiger partial charge in [0.1, 0.15) is 6.04 Å². The molecule has 1 aromatic rings. The van der Waals surface area contributed by atoms with Crippen LogP contribution in [-0.4, -0.2) is 24.6 Å². The standard InChI is InChI=1S/C13H17N5O3/c1-3-21-13(20)15-8-10-4-6-11(7-5-10)16-12(19)9(2)17-18-14/h4-7,9H,3,8H2,1-2H3,(H,15,20)(H,16,19)/t9-/m0/s1. The van der Waals surface area contributed by atoms with Crippen LogP contribution in [-0.2, 0) is 16.1 Å². The van der Waals surface area contributed by atoms with Crippen LogP contribution in [0.15, 0.2) is 29.4 Å². The predicted octanol–water partition coefficient (Wildman–Crippen LogP) is 2.57. The zero-order valence-corrected chi connectivity index (χ0v) is 11.9. The molecule has 2 N–H and O–H groups in total. The Kier molecular flexibility index (Phi) is 6.56. The van der Waals surface area contributed by atoms with E-state index in [0.29, 0.717) is 18.8 Å². The SMILES string of the molecule is CCOC(=O)NCc1ccc(NC(=O)[C@H](C)N=[N+]=[N-])cc1. The quantitative estimate of drug-likeness (QED) is 0.476. The van der Waals surface area contributed by atoms with E-state index in [9.17, 15) is 9.59 Å². The number of hydrogen-bond acceptors (Lipinski definition) is 4. The zero-order chi connectivity index (χ0) is 15.7. The van der Waals surface area contributed by atoms with Crippen molar-refractivity contribution in [2.75, 3.05) is 11.9 Å². The van der Waals surface area contributed by atoms with Crippen LogP contribution in [0.1, 0.15) is 19.4 Å². The molecule has 0 radical (unpaired) electrons. The van der Waals surface area contributed by atoms with Gasteiger partial charge in [0, 0.05) is 17.1 Å². The van der Waals surface area contributed by atoms with Crippen molar-refractivity contribution < 1.29 is 14.3 Å². The van der Waals surface area contributed by atoms with Crippen LogP contribution in [0.3, 0.4) is 0 Å². The summed E-state index contributed by atoms with van der Waals surface area (Å²) < 4.78 is 4.74. The first-order valence-corrected chi connectivity index (χ1v) is 6.41. The molecule has 0 aliphatic rings. The number of azide groups is 1. The van der Waals surface area contributed by atoms with E-state index in [4.69, 9.17) is 10.3 Å². The summed E-state index contributed by atoms with van der Waals surface area (Å²) in [7, 11) is 0. The number of hydrogen-bond donors (Lipinski definition) is 2. The van der Waals surface area contributed by atoms with Crippen molar-refractivity contribution in [3.63, 3.8) is 0 Å². The van der Waals surface area contributed by atoms with E-state index in [1.807, 2.05) is 0 Å². The van der Waals surface area contributed by atoms with E-state index in [0.717, 1.165) is 5.56 Å². The third-order valence-corrected chi connectivity index (χ3v) is 2.54. The third kappa shape index (κ3) is 5.84. The summed E-state index contributed by atoms with van der Waals surface area (Å²) in [6, 6.07) is 6.14. The van der Waals surface area contributed by atoms with Crippen molar-refractivity contribution in [3.05, 3.63) is 40.3 Å². The molecule has 1 atom stereocenters. The smallest absolute Gasteiger partial charge is 0.407 e. The molecular formula is C13H17N5O3. The number of alkyl carbamates (subject to hydrolysis) is 1. The average molecular weight is 291 g/mol. The Bertz CT molecular complexity index is 537. The largest absolute Gasteiger partial charge is 0.450 e. The maximum absolute atomic E-state index is 11.6. The molecule has 1 rings (SSSR count). The highest BCUT2D eigenvalue weighted by Crippen LogP contribution is 2.10. The Morgan fingerprint density at radius 3 is 2.62 bits per heavy atom. The van der Waals surface area contributed by atoms with Gasteiger partial charge in [-0.1, -0.05) is 17.2 Å². The lowest BCUT2D eigenvalue weighted by Crippen LogP contribution is -2.24. The summed E-state index contributed by atoms with van der Waals surface area (Å²) in [6.45, 7) is 3.89. The van der Waals surface area contributed by atoms with Crippen LogP contribution in [0, 0.1) is 0 Å². The first kappa shape index (κ1) is 16.3. The summed E-state index contributed by atoms with van der Waals surface area (Å²) in [5.41, 5.74) is 9.71. The van der Waals surface area contributed by atoms with Crippen LogP contribution in [0.2, 0.25) is 0 Å². The molecule has 0 aliphatic heterocycles. The average Bonchev–Trinajstić information content (AvgIpc) is 2.47. The molecule has 1 aromatic carbocycles. The number of rotatable bonds is 6. The number of carbonyl (C=O) groups is 2. The van der Waals surface area contributed by atoms with Gasteiger partial charge in [-0.2, -0.15) is 0 Å². The van der Waals surface area contributed by atoms with Crippen molar-refractivity contribution in [1.29, 1.82) is 0 Å². The number of nitrogens with one attached hydrogen (secondary N) is 2. The molecule has 21 heavy (non-hydrogen) atoms. The summed E-state index contributed by atoms with van der Waals surface area (Å²) in [6.07, 6.45) is -0.474. The topological polar surface area (TPSA) is 116 Å². The molecule has 0 spiro atoms. The van der Waals surface area contributed by atoms with E-state index in [1.165, 1.54) is 6.92 Å². The van der Waals surface area contributed by atoms with Gasteiger partial charge in [0.05, 0.1) is 6.61 Å². The second kappa shape index (κ2) is 8.44. The Balaban J connectivity index is 2.52. The van der Waals surface area contributed by atoms with Crippen molar-refractivity contribution in [3.8, 4) is 0 Å². The maximum atomic E-state index is 11.6. The lowest BCUT2D eigenvalue weighted by molar-refractivity contribution is -0.117. The first-order chi connectivity index (χ1) is 10.1. The molecule has 0 saturated carbocycles. The summed E-state index contributed by atoms with van der Waals surface area (Å²) in [5, 5.41) is 8.53. The second-order valence-electron chi connectivity index (χ2n) is 4.14. The monoisotopic (exact) mass is 291 g/mol. The fourth-order valence-corrected chi connectivity index (χ4v) is 1.44. The summed E-state index contributed by atoms with van der Waals surface area (Å²) in [4.78, 5) is 25.3. The van der Waals surface area contributed by atoms with E-state index < -0.39 is 12.1 Å². The third-order valence-electron chi connectivity index (χ3n) is 2.54. The molecule has 112 valence electrons.